The van der Waals surface area contributed by atoms with E-state index in [1.807, 2.05) is 18.2 Å². The molecule has 0 aliphatic carbocycles. The van der Waals surface area contributed by atoms with E-state index in [0.29, 0.717) is 11.5 Å². The van der Waals surface area contributed by atoms with Crippen molar-refractivity contribution in [3.8, 4) is 0 Å². The van der Waals surface area contributed by atoms with Gasteiger partial charge in [-0.15, -0.1) is 0 Å². The van der Waals surface area contributed by atoms with E-state index in [0.717, 1.165) is 23.5 Å². The summed E-state index contributed by atoms with van der Waals surface area (Å²) in [4.78, 5) is 6.08. The van der Waals surface area contributed by atoms with Crippen molar-refractivity contribution in [3.63, 3.8) is 0 Å². The van der Waals surface area contributed by atoms with E-state index in [-0.39, 0.29) is 10.7 Å². The van der Waals surface area contributed by atoms with Crippen LogP contribution in [0.15, 0.2) is 29.3 Å². The Labute approximate surface area is 116 Å². The van der Waals surface area contributed by atoms with E-state index in [2.05, 4.69) is 9.36 Å². The van der Waals surface area contributed by atoms with Crippen LogP contribution in [0.25, 0.3) is 0 Å². The first-order valence-corrected chi connectivity index (χ1v) is 8.12. The SMILES string of the molecule is CN(Cc1ccccn1)c1snc(N)c1S(C)(=O)=O. The second-order valence-electron chi connectivity index (χ2n) is 4.15. The molecule has 2 rings (SSSR count). The Morgan fingerprint density at radius 2 is 2.16 bits per heavy atom. The normalized spacial score (nSPS) is 11.5. The highest BCUT2D eigenvalue weighted by Crippen LogP contribution is 2.34. The molecule has 2 heterocycles. The summed E-state index contributed by atoms with van der Waals surface area (Å²) in [7, 11) is -1.61. The molecule has 6 nitrogen and oxygen atoms in total. The zero-order valence-electron chi connectivity index (χ0n) is 10.6. The molecule has 0 unspecified atom stereocenters. The third-order valence-electron chi connectivity index (χ3n) is 2.50. The fourth-order valence-corrected chi connectivity index (χ4v) is 3.87. The van der Waals surface area contributed by atoms with Gasteiger partial charge in [-0.1, -0.05) is 6.07 Å². The molecule has 0 saturated carbocycles. The maximum absolute atomic E-state index is 11.7. The zero-order valence-corrected chi connectivity index (χ0v) is 12.2. The Morgan fingerprint density at radius 1 is 1.42 bits per heavy atom. The first kappa shape index (κ1) is 13.8. The van der Waals surface area contributed by atoms with Crippen LogP contribution in [0.1, 0.15) is 5.69 Å². The van der Waals surface area contributed by atoms with Crippen molar-refractivity contribution in [1.29, 1.82) is 0 Å². The van der Waals surface area contributed by atoms with Crippen molar-refractivity contribution in [2.45, 2.75) is 11.4 Å². The minimum atomic E-state index is -3.40. The van der Waals surface area contributed by atoms with Gasteiger partial charge in [0, 0.05) is 19.5 Å². The van der Waals surface area contributed by atoms with Gasteiger partial charge >= 0.3 is 0 Å². The van der Waals surface area contributed by atoms with Gasteiger partial charge in [-0.25, -0.2) is 8.42 Å². The maximum atomic E-state index is 11.7. The monoisotopic (exact) mass is 298 g/mol. The molecule has 0 atom stereocenters. The Morgan fingerprint density at radius 3 is 2.74 bits per heavy atom. The Hall–Kier alpha value is -1.67. The third kappa shape index (κ3) is 3.02. The number of sulfone groups is 1. The van der Waals surface area contributed by atoms with Gasteiger partial charge in [0.05, 0.1) is 12.2 Å². The molecule has 8 heteroatoms. The van der Waals surface area contributed by atoms with Gasteiger partial charge in [-0.3, -0.25) is 4.98 Å². The molecule has 0 saturated heterocycles. The van der Waals surface area contributed by atoms with Crippen LogP contribution in [-0.2, 0) is 16.4 Å². The number of nitrogens with zero attached hydrogens (tertiary/aromatic N) is 3. The van der Waals surface area contributed by atoms with Crippen LogP contribution in [0.5, 0.6) is 0 Å². The van der Waals surface area contributed by atoms with Gasteiger partial charge in [0.2, 0.25) is 0 Å². The summed E-state index contributed by atoms with van der Waals surface area (Å²) in [6, 6.07) is 5.59. The Balaban J connectivity index is 2.33. The van der Waals surface area contributed by atoms with Crippen LogP contribution in [0.3, 0.4) is 0 Å². The molecule has 19 heavy (non-hydrogen) atoms. The van der Waals surface area contributed by atoms with E-state index in [4.69, 9.17) is 5.73 Å². The van der Waals surface area contributed by atoms with Crippen molar-refractivity contribution in [3.05, 3.63) is 30.1 Å². The highest BCUT2D eigenvalue weighted by Gasteiger charge is 2.23. The van der Waals surface area contributed by atoms with Gasteiger partial charge in [-0.05, 0) is 23.7 Å². The van der Waals surface area contributed by atoms with E-state index >= 15 is 0 Å². The largest absolute Gasteiger partial charge is 0.382 e. The first-order valence-electron chi connectivity index (χ1n) is 5.46. The summed E-state index contributed by atoms with van der Waals surface area (Å²) in [5.74, 6) is 0.0513. The van der Waals surface area contributed by atoms with E-state index in [1.54, 1.807) is 18.1 Å². The number of hydrogen-bond acceptors (Lipinski definition) is 7. The summed E-state index contributed by atoms with van der Waals surface area (Å²) in [5.41, 5.74) is 6.48. The molecule has 2 aromatic heterocycles. The van der Waals surface area contributed by atoms with Gasteiger partial charge in [0.1, 0.15) is 9.90 Å². The van der Waals surface area contributed by atoms with Crippen LogP contribution in [0, 0.1) is 0 Å². The quantitative estimate of drug-likeness (QED) is 0.911. The number of nitrogen functional groups attached to an aromatic ring is 1. The molecule has 0 bridgehead atoms. The number of pyridine rings is 1. The summed E-state index contributed by atoms with van der Waals surface area (Å²) < 4.78 is 27.4. The molecule has 0 radical (unpaired) electrons. The van der Waals surface area contributed by atoms with E-state index in [1.165, 1.54) is 0 Å². The molecule has 0 spiro atoms. The lowest BCUT2D eigenvalue weighted by atomic mass is 10.3. The highest BCUT2D eigenvalue weighted by molar-refractivity contribution is 7.91. The topological polar surface area (TPSA) is 89.2 Å². The summed E-state index contributed by atoms with van der Waals surface area (Å²) in [5, 5.41) is 0.533. The summed E-state index contributed by atoms with van der Waals surface area (Å²) in [6.07, 6.45) is 2.83. The molecular weight excluding hydrogens is 284 g/mol. The fraction of sp³-hybridized carbons (Fsp3) is 0.273. The lowest BCUT2D eigenvalue weighted by Crippen LogP contribution is -2.18. The van der Waals surface area contributed by atoms with Gasteiger partial charge in [0.15, 0.2) is 15.7 Å². The van der Waals surface area contributed by atoms with Crippen molar-refractivity contribution >= 4 is 32.2 Å². The minimum absolute atomic E-state index is 0.0513. The van der Waals surface area contributed by atoms with E-state index in [9.17, 15) is 8.42 Å². The van der Waals surface area contributed by atoms with Crippen LogP contribution in [0.4, 0.5) is 10.8 Å². The molecule has 2 N–H and O–H groups in total. The average molecular weight is 298 g/mol. The number of rotatable bonds is 4. The van der Waals surface area contributed by atoms with Crippen LogP contribution < -0.4 is 10.6 Å². The average Bonchev–Trinajstić information content (AvgIpc) is 2.72. The van der Waals surface area contributed by atoms with Crippen LogP contribution >= 0.6 is 11.5 Å². The predicted molar refractivity (Wildman–Crippen MR) is 76.0 cm³/mol. The fourth-order valence-electron chi connectivity index (χ4n) is 1.68. The predicted octanol–water partition coefficient (Wildman–Crippen LogP) is 1.16. The molecule has 0 fully saturated rings. The summed E-state index contributed by atoms with van der Waals surface area (Å²) >= 11 is 1.07. The molecule has 0 aromatic carbocycles. The van der Waals surface area contributed by atoms with Gasteiger partial charge in [-0.2, -0.15) is 4.37 Å². The molecule has 0 amide bonds. The molecule has 2 aromatic rings. The Kier molecular flexibility index (Phi) is 3.72. The van der Waals surface area contributed by atoms with Crippen LogP contribution in [-0.4, -0.2) is 31.1 Å². The number of hydrogen-bond donors (Lipinski definition) is 1. The molecule has 0 aliphatic rings. The van der Waals surface area contributed by atoms with Crippen LogP contribution in [0.2, 0.25) is 0 Å². The smallest absolute Gasteiger partial charge is 0.182 e. The standard InChI is InChI=1S/C11H14N4O2S2/c1-15(7-8-5-3-4-6-13-8)11-9(19(2,16)17)10(12)14-18-11/h3-6H,7H2,1-2H3,(H2,12,14). The maximum Gasteiger partial charge on any atom is 0.182 e. The minimum Gasteiger partial charge on any atom is -0.382 e. The summed E-state index contributed by atoms with van der Waals surface area (Å²) in [6.45, 7) is 0.491. The molecule has 102 valence electrons. The van der Waals surface area contributed by atoms with Crippen molar-refractivity contribution in [2.75, 3.05) is 23.9 Å². The molecular formula is C11H14N4O2S2. The second kappa shape index (κ2) is 5.14. The van der Waals surface area contributed by atoms with Crippen molar-refractivity contribution in [2.24, 2.45) is 0 Å². The highest BCUT2D eigenvalue weighted by atomic mass is 32.2. The lowest BCUT2D eigenvalue weighted by Gasteiger charge is -2.17. The number of nitrogens with two attached hydrogens (primary N) is 1. The zero-order chi connectivity index (χ0) is 14.0. The number of anilines is 2. The Bertz CT molecular complexity index is 667. The second-order valence-corrected chi connectivity index (χ2v) is 6.86. The first-order chi connectivity index (χ1) is 8.89. The van der Waals surface area contributed by atoms with E-state index < -0.39 is 9.84 Å². The molecule has 0 aliphatic heterocycles. The third-order valence-corrected chi connectivity index (χ3v) is 4.75. The lowest BCUT2D eigenvalue weighted by molar-refractivity contribution is 0.602. The van der Waals surface area contributed by atoms with Gasteiger partial charge < -0.3 is 10.6 Å². The van der Waals surface area contributed by atoms with Gasteiger partial charge in [0.25, 0.3) is 0 Å². The number of aromatic nitrogens is 2. The van der Waals surface area contributed by atoms with Crippen molar-refractivity contribution in [1.82, 2.24) is 9.36 Å². The van der Waals surface area contributed by atoms with Crippen molar-refractivity contribution < 1.29 is 8.42 Å².